The van der Waals surface area contributed by atoms with Crippen molar-refractivity contribution in [3.63, 3.8) is 0 Å². The molecule has 0 aliphatic carbocycles. The summed E-state index contributed by atoms with van der Waals surface area (Å²) < 4.78 is 32.1. The Hall–Kier alpha value is 0.356. The molecule has 0 aliphatic rings. The van der Waals surface area contributed by atoms with Crippen LogP contribution in [0.15, 0.2) is 0 Å². The summed E-state index contributed by atoms with van der Waals surface area (Å²) in [5.74, 6) is 0.871. The summed E-state index contributed by atoms with van der Waals surface area (Å²) >= 11 is 6.81. The van der Waals surface area contributed by atoms with Crippen molar-refractivity contribution in [3.05, 3.63) is 0 Å². The van der Waals surface area contributed by atoms with Crippen LogP contribution in [0.5, 0.6) is 0 Å². The summed E-state index contributed by atoms with van der Waals surface area (Å²) in [6.07, 6.45) is 0.315. The van der Waals surface area contributed by atoms with Crippen LogP contribution < -0.4 is 0 Å². The van der Waals surface area contributed by atoms with Crippen LogP contribution in [-0.2, 0) is 41.2 Å². The van der Waals surface area contributed by atoms with Gasteiger partial charge in [0, 0.05) is 5.75 Å². The van der Waals surface area contributed by atoms with Crippen molar-refractivity contribution in [2.45, 2.75) is 17.1 Å². The maximum absolute atomic E-state index is 11.3. The number of hydrogen-bond donors (Lipinski definition) is 2. The van der Waals surface area contributed by atoms with Gasteiger partial charge in [0.2, 0.25) is 0 Å². The van der Waals surface area contributed by atoms with Crippen molar-refractivity contribution in [1.82, 2.24) is 0 Å². The molecule has 0 fully saturated rings. The average molecular weight is 401 g/mol. The fourth-order valence-electron chi connectivity index (χ4n) is 1.21. The molecule has 6 nitrogen and oxygen atoms in total. The molecule has 0 N–H and O–H groups in total. The number of carbonyl (C=O) groups is 1. The quantitative estimate of drug-likeness (QED) is 0.233. The number of rotatable bonds is 16. The summed E-state index contributed by atoms with van der Waals surface area (Å²) in [5, 5.41) is 1.21. The fraction of sp³-hybridized carbons (Fsp3) is 0.923. The predicted octanol–water partition coefficient (Wildman–Crippen LogP) is 1.63. The van der Waals surface area contributed by atoms with Gasteiger partial charge in [0.05, 0.1) is 6.42 Å². The Labute approximate surface area is 147 Å². The van der Waals surface area contributed by atoms with Gasteiger partial charge in [-0.05, 0) is 0 Å². The zero-order chi connectivity index (χ0) is 16.5. The first-order valence-corrected chi connectivity index (χ1v) is 10.2. The monoisotopic (exact) mass is 401 g/mol. The standard InChI is InChI=1S/C11H21O5S.C2H5S.Co.O/c1-2-13-4-5-14-6-7-15-8-9-16-11(12)3-10-17;1-2-3;;/h17H,1-10H2;3H,1-2H2;;. The normalized spacial score (nSPS) is 11.5. The molecular formula is C13H26CoO6S2. The molecule has 22 heavy (non-hydrogen) atoms. The minimum absolute atomic E-state index is 0.250. The molecule has 0 amide bonds. The van der Waals surface area contributed by atoms with Crippen molar-refractivity contribution in [2.24, 2.45) is 0 Å². The van der Waals surface area contributed by atoms with Crippen LogP contribution >= 0.6 is 25.3 Å². The molecule has 0 rings (SSSR count). The molecule has 0 heterocycles. The number of hydrogen-bond acceptors (Lipinski definition) is 8. The van der Waals surface area contributed by atoms with Gasteiger partial charge in [0.1, 0.15) is 0 Å². The van der Waals surface area contributed by atoms with Crippen LogP contribution in [0, 0.1) is 0 Å². The van der Waals surface area contributed by atoms with E-state index in [2.05, 4.69) is 25.3 Å². The molecular weight excluding hydrogens is 375 g/mol. The summed E-state index contributed by atoms with van der Waals surface area (Å²) in [5.41, 5.74) is 0. The van der Waals surface area contributed by atoms with Crippen molar-refractivity contribution >= 4 is 31.2 Å². The van der Waals surface area contributed by atoms with E-state index >= 15 is 0 Å². The number of thiol groups is 2. The molecule has 9 heteroatoms. The summed E-state index contributed by atoms with van der Waals surface area (Å²) in [6, 6.07) is 0. The number of carbonyl (C=O) groups excluding carboxylic acids is 1. The topological polar surface area (TPSA) is 71.1 Å². The Bertz CT molecular complexity index is 266. The van der Waals surface area contributed by atoms with E-state index in [9.17, 15) is 8.66 Å². The van der Waals surface area contributed by atoms with Gasteiger partial charge < -0.3 is 0 Å². The Morgan fingerprint density at radius 3 is 1.86 bits per heavy atom. The summed E-state index contributed by atoms with van der Waals surface area (Å²) in [4.78, 5) is 11.0. The molecule has 0 aromatic heterocycles. The summed E-state index contributed by atoms with van der Waals surface area (Å²) in [7, 11) is 0. The van der Waals surface area contributed by atoms with E-state index in [1.54, 1.807) is 0 Å². The van der Waals surface area contributed by atoms with E-state index in [1.165, 1.54) is 0 Å². The van der Waals surface area contributed by atoms with Gasteiger partial charge in [0.15, 0.2) is 0 Å². The molecule has 0 radical (unpaired) electrons. The number of ether oxygens (including phenoxy) is 4. The average Bonchev–Trinajstić information content (AvgIpc) is 2.49. The molecule has 0 aliphatic heterocycles. The minimum atomic E-state index is -1.16. The van der Waals surface area contributed by atoms with Crippen LogP contribution in [0.25, 0.3) is 0 Å². The van der Waals surface area contributed by atoms with Crippen molar-refractivity contribution in [1.29, 1.82) is 0 Å². The first-order valence-electron chi connectivity index (χ1n) is 7.02. The second-order valence-corrected chi connectivity index (χ2v) is 7.00. The first kappa shape index (κ1) is 22.4. The first-order chi connectivity index (χ1) is 10.7. The molecule has 0 unspecified atom stereocenters. The SMILES string of the molecule is O=C(CCS)OCCOCCOCCOC[CH2][Co](=[O])[CH2]CS. The zero-order valence-electron chi connectivity index (χ0n) is 12.7. The molecule has 0 saturated carbocycles. The number of esters is 1. The molecule has 0 atom stereocenters. The van der Waals surface area contributed by atoms with Gasteiger partial charge in [-0.1, -0.05) is 0 Å². The molecule has 0 aromatic rings. The van der Waals surface area contributed by atoms with Crippen LogP contribution in [-0.4, -0.2) is 63.7 Å². The third-order valence-corrected chi connectivity index (χ3v) is 4.65. The molecule has 0 bridgehead atoms. The Balaban J connectivity index is 3.11. The summed E-state index contributed by atoms with van der Waals surface area (Å²) in [6.45, 7) is 2.95. The predicted molar refractivity (Wildman–Crippen MR) is 86.0 cm³/mol. The van der Waals surface area contributed by atoms with Crippen LogP contribution in [0.4, 0.5) is 0 Å². The zero-order valence-corrected chi connectivity index (χ0v) is 15.5. The third kappa shape index (κ3) is 16.7. The molecule has 0 saturated heterocycles. The third-order valence-electron chi connectivity index (χ3n) is 2.21. The van der Waals surface area contributed by atoms with Gasteiger partial charge in [-0.3, -0.25) is 4.79 Å². The molecule has 135 valence electrons. The van der Waals surface area contributed by atoms with Crippen molar-refractivity contribution in [2.75, 3.05) is 57.8 Å². The van der Waals surface area contributed by atoms with Gasteiger partial charge in [-0.2, -0.15) is 12.6 Å². The van der Waals surface area contributed by atoms with E-state index < -0.39 is 13.6 Å². The van der Waals surface area contributed by atoms with E-state index in [4.69, 9.17) is 18.9 Å². The Morgan fingerprint density at radius 2 is 1.32 bits per heavy atom. The Morgan fingerprint density at radius 1 is 0.773 bits per heavy atom. The van der Waals surface area contributed by atoms with Crippen molar-refractivity contribution < 1.29 is 41.2 Å². The van der Waals surface area contributed by atoms with Crippen LogP contribution in [0.1, 0.15) is 6.42 Å². The van der Waals surface area contributed by atoms with E-state index in [0.29, 0.717) is 68.3 Å². The van der Waals surface area contributed by atoms with Gasteiger partial charge in [-0.15, -0.1) is 0 Å². The Kier molecular flexibility index (Phi) is 18.0. The van der Waals surface area contributed by atoms with Crippen molar-refractivity contribution in [3.8, 4) is 0 Å². The van der Waals surface area contributed by atoms with Gasteiger partial charge in [0.25, 0.3) is 0 Å². The maximum atomic E-state index is 11.3. The fourth-order valence-corrected chi connectivity index (χ4v) is 2.99. The second kappa shape index (κ2) is 17.7. The van der Waals surface area contributed by atoms with E-state index in [0.717, 1.165) is 0 Å². The van der Waals surface area contributed by atoms with Gasteiger partial charge >= 0.3 is 118 Å². The van der Waals surface area contributed by atoms with E-state index in [1.807, 2.05) is 0 Å². The van der Waals surface area contributed by atoms with Gasteiger partial charge in [-0.25, -0.2) is 0 Å². The molecule has 0 spiro atoms. The van der Waals surface area contributed by atoms with Crippen LogP contribution in [0.2, 0.25) is 10.7 Å². The molecule has 0 aromatic carbocycles. The van der Waals surface area contributed by atoms with E-state index in [-0.39, 0.29) is 12.6 Å². The second-order valence-electron chi connectivity index (χ2n) is 3.95. The van der Waals surface area contributed by atoms with Crippen LogP contribution in [0.3, 0.4) is 0 Å².